The van der Waals surface area contributed by atoms with Crippen molar-refractivity contribution >= 4 is 0 Å². The third-order valence-electron chi connectivity index (χ3n) is 6.19. The number of aliphatic hydroxyl groups is 3. The minimum Gasteiger partial charge on any atom is -0.364 e. The molecule has 203 valence electrons. The molecule has 3 heterocycles. The maximum atomic E-state index is 10.1. The van der Waals surface area contributed by atoms with Crippen LogP contribution in [0.5, 0.6) is 0 Å². The average molecular weight is 621 g/mol. The predicted molar refractivity (Wildman–Crippen MR) is 155 cm³/mol. The molecule has 6 rings (SSSR count). The predicted octanol–water partition coefficient (Wildman–Crippen LogP) is 4.51. The second-order valence-corrected chi connectivity index (χ2v) is 8.98. The van der Waals surface area contributed by atoms with Gasteiger partial charge in [-0.15, -0.1) is 0 Å². The van der Waals surface area contributed by atoms with Crippen molar-refractivity contribution < 1.29 is 34.8 Å². The molecule has 0 saturated carbocycles. The molecule has 3 aromatic rings. The van der Waals surface area contributed by atoms with Gasteiger partial charge in [-0.3, -0.25) is 0 Å². The molecule has 0 aliphatic carbocycles. The van der Waals surface area contributed by atoms with Crippen molar-refractivity contribution in [3.8, 4) is 0 Å². The monoisotopic (exact) mass is 621 g/mol. The first-order chi connectivity index (χ1) is 18.9. The van der Waals surface area contributed by atoms with E-state index in [4.69, 9.17) is 0 Å². The molecule has 0 saturated heterocycles. The fourth-order valence-corrected chi connectivity index (χ4v) is 4.04. The number of benzene rings is 3. The molecule has 0 bridgehead atoms. The van der Waals surface area contributed by atoms with Crippen LogP contribution in [0.25, 0.3) is 0 Å². The number of nitrogens with one attached hydrogen (secondary N) is 3. The third-order valence-corrected chi connectivity index (χ3v) is 6.19. The van der Waals surface area contributed by atoms with Crippen molar-refractivity contribution in [2.24, 2.45) is 0 Å². The summed E-state index contributed by atoms with van der Waals surface area (Å²) in [4.78, 5) is 0. The zero-order valence-corrected chi connectivity index (χ0v) is 23.5. The van der Waals surface area contributed by atoms with E-state index in [1.807, 2.05) is 127 Å². The van der Waals surface area contributed by atoms with E-state index in [9.17, 15) is 15.3 Å². The molecule has 1 radical (unpaired) electrons. The summed E-state index contributed by atoms with van der Waals surface area (Å²) in [5.74, 6) is 0. The molecule has 7 heteroatoms. The maximum absolute atomic E-state index is 10.1. The van der Waals surface area contributed by atoms with Crippen molar-refractivity contribution in [1.82, 2.24) is 16.0 Å². The van der Waals surface area contributed by atoms with Crippen molar-refractivity contribution in [1.29, 1.82) is 0 Å². The van der Waals surface area contributed by atoms with Gasteiger partial charge >= 0.3 is 19.5 Å². The van der Waals surface area contributed by atoms with Crippen LogP contribution in [0.1, 0.15) is 16.7 Å². The number of hydrogen-bond donors (Lipinski definition) is 6. The Morgan fingerprint density at radius 1 is 0.375 bits per heavy atom. The van der Waals surface area contributed by atoms with Gasteiger partial charge in [-0.2, -0.15) is 0 Å². The molecule has 3 atom stereocenters. The molecule has 3 aliphatic heterocycles. The summed E-state index contributed by atoms with van der Waals surface area (Å²) in [6.45, 7) is 0. The first kappa shape index (κ1) is 30.5. The number of allylic oxidation sites excluding steroid dienone is 6. The molecule has 6 N–H and O–H groups in total. The van der Waals surface area contributed by atoms with Crippen LogP contribution in [0, 0.1) is 0 Å². The van der Waals surface area contributed by atoms with E-state index in [1.165, 1.54) is 0 Å². The summed E-state index contributed by atoms with van der Waals surface area (Å²) in [5.41, 5.74) is -0.607. The smallest absolute Gasteiger partial charge is 0.364 e. The molecule has 6 nitrogen and oxygen atoms in total. The van der Waals surface area contributed by atoms with Gasteiger partial charge in [-0.05, 0) is 55.1 Å². The quantitative estimate of drug-likeness (QED) is 0.242. The van der Waals surface area contributed by atoms with E-state index in [2.05, 4.69) is 16.0 Å². The minimum absolute atomic E-state index is 0. The summed E-state index contributed by atoms with van der Waals surface area (Å²) in [5, 5.41) is 39.0. The second kappa shape index (κ2) is 14.4. The maximum Gasteiger partial charge on any atom is 3.00 e. The van der Waals surface area contributed by atoms with Gasteiger partial charge in [0.05, 0.1) is 0 Å². The Kier molecular flexibility index (Phi) is 11.0. The molecule has 3 unspecified atom stereocenters. The van der Waals surface area contributed by atoms with Crippen LogP contribution in [0.4, 0.5) is 0 Å². The zero-order chi connectivity index (χ0) is 27.4. The molecule has 3 aliphatic rings. The first-order valence-electron chi connectivity index (χ1n) is 12.6. The van der Waals surface area contributed by atoms with E-state index >= 15 is 0 Å². The largest absolute Gasteiger partial charge is 3.00 e. The van der Waals surface area contributed by atoms with E-state index in [0.717, 1.165) is 16.7 Å². The van der Waals surface area contributed by atoms with Crippen molar-refractivity contribution in [2.45, 2.75) is 17.2 Å². The van der Waals surface area contributed by atoms with Gasteiger partial charge in [0, 0.05) is 16.7 Å². The molecular weight excluding hydrogens is 587 g/mol. The fourth-order valence-electron chi connectivity index (χ4n) is 4.04. The molecule has 3 aromatic carbocycles. The van der Waals surface area contributed by atoms with Crippen LogP contribution in [0.3, 0.4) is 0 Å². The van der Waals surface area contributed by atoms with E-state index in [1.54, 1.807) is 36.8 Å². The molecule has 40 heavy (non-hydrogen) atoms. The minimum atomic E-state index is -1.05. The summed E-state index contributed by atoms with van der Waals surface area (Å²) in [6, 6.07) is 28.5. The summed E-state index contributed by atoms with van der Waals surface area (Å²) < 4.78 is 0. The molecule has 0 amide bonds. The van der Waals surface area contributed by atoms with Crippen LogP contribution in [-0.4, -0.2) is 15.3 Å². The van der Waals surface area contributed by atoms with Crippen LogP contribution < -0.4 is 16.0 Å². The first-order valence-corrected chi connectivity index (χ1v) is 12.6. The standard InChI is InChI=1S/3C11H11NO.Ru/c3*13-11(8-4-5-9-12-11)10-6-2-1-3-7-10;/h3*1-9,12-13H;/q;;;+3. The Labute approximate surface area is 248 Å². The van der Waals surface area contributed by atoms with Crippen LogP contribution in [0.15, 0.2) is 164 Å². The zero-order valence-electron chi connectivity index (χ0n) is 21.8. The summed E-state index contributed by atoms with van der Waals surface area (Å²) in [7, 11) is 0. The number of dihydropyridines is 3. The van der Waals surface area contributed by atoms with Gasteiger partial charge < -0.3 is 31.3 Å². The van der Waals surface area contributed by atoms with Crippen molar-refractivity contribution in [2.75, 3.05) is 0 Å². The number of hydrogen-bond acceptors (Lipinski definition) is 6. The second-order valence-electron chi connectivity index (χ2n) is 8.98. The van der Waals surface area contributed by atoms with Gasteiger partial charge in [0.15, 0.2) is 17.2 Å². The van der Waals surface area contributed by atoms with Gasteiger partial charge in [0.25, 0.3) is 0 Å². The van der Waals surface area contributed by atoms with Crippen LogP contribution >= 0.6 is 0 Å². The molecular formula is C33H33N3O3Ru+3. The van der Waals surface area contributed by atoms with E-state index in [0.29, 0.717) is 0 Å². The SMILES string of the molecule is OC1(c2ccccc2)C=CC=CN1.OC1(c2ccccc2)C=CC=CN1.OC1(c2ccccc2)C=CC=CN1.[Ru+3]. The third kappa shape index (κ3) is 8.01. The Morgan fingerprint density at radius 3 is 0.825 bits per heavy atom. The van der Waals surface area contributed by atoms with Gasteiger partial charge in [-0.25, -0.2) is 0 Å². The van der Waals surface area contributed by atoms with Crippen molar-refractivity contribution in [3.05, 3.63) is 181 Å². The van der Waals surface area contributed by atoms with Gasteiger partial charge in [0.1, 0.15) is 0 Å². The Morgan fingerprint density at radius 2 is 0.625 bits per heavy atom. The average Bonchev–Trinajstić information content (AvgIpc) is 3.00. The number of rotatable bonds is 3. The Balaban J connectivity index is 0.000000163. The van der Waals surface area contributed by atoms with E-state index in [-0.39, 0.29) is 19.5 Å². The molecule has 0 aromatic heterocycles. The van der Waals surface area contributed by atoms with Gasteiger partial charge in [-0.1, -0.05) is 109 Å². The summed E-state index contributed by atoms with van der Waals surface area (Å²) in [6.07, 6.45) is 21.4. The Hall–Kier alpha value is -4.00. The summed E-state index contributed by atoms with van der Waals surface area (Å²) >= 11 is 0. The van der Waals surface area contributed by atoms with Crippen molar-refractivity contribution in [3.63, 3.8) is 0 Å². The normalized spacial score (nSPS) is 25.0. The van der Waals surface area contributed by atoms with Crippen LogP contribution in [-0.2, 0) is 36.7 Å². The fraction of sp³-hybridized carbons (Fsp3) is 0.0909. The van der Waals surface area contributed by atoms with Crippen LogP contribution in [0.2, 0.25) is 0 Å². The van der Waals surface area contributed by atoms with Gasteiger partial charge in [0.2, 0.25) is 0 Å². The molecule has 0 spiro atoms. The Bertz CT molecular complexity index is 1200. The topological polar surface area (TPSA) is 96.8 Å². The van der Waals surface area contributed by atoms with E-state index < -0.39 is 17.2 Å². The molecule has 0 fully saturated rings.